The second-order valence-corrected chi connectivity index (χ2v) is 7.49. The molecule has 1 aromatic carbocycles. The van der Waals surface area contributed by atoms with Gasteiger partial charge >= 0.3 is 0 Å². The molecule has 1 heterocycles. The number of aliphatic hydroxyl groups excluding tert-OH is 1. The van der Waals surface area contributed by atoms with E-state index < -0.39 is 0 Å². The molecule has 1 fully saturated rings. The smallest absolute Gasteiger partial charge is 0.0715 e. The number of benzene rings is 1. The Kier molecular flexibility index (Phi) is 5.10. The summed E-state index contributed by atoms with van der Waals surface area (Å²) in [5, 5.41) is 13.3. The number of piperidine rings is 1. The number of nitrogens with zero attached hydrogens (tertiary/aromatic N) is 1. The molecule has 0 aliphatic carbocycles. The van der Waals surface area contributed by atoms with Crippen LogP contribution in [0, 0.1) is 0 Å². The molecule has 20 heavy (non-hydrogen) atoms. The van der Waals surface area contributed by atoms with Gasteiger partial charge in [0.25, 0.3) is 0 Å². The highest BCUT2D eigenvalue weighted by Gasteiger charge is 2.19. The SMILES string of the molecule is CC(C)(C)NCc1ccc(N2CCCC(O)C2)c(Br)c1. The van der Waals surface area contributed by atoms with Gasteiger partial charge in [-0.15, -0.1) is 0 Å². The molecule has 1 aliphatic rings. The van der Waals surface area contributed by atoms with Crippen molar-refractivity contribution in [2.24, 2.45) is 0 Å². The third-order valence-corrected chi connectivity index (χ3v) is 4.21. The van der Waals surface area contributed by atoms with Crippen molar-refractivity contribution in [2.45, 2.75) is 51.8 Å². The van der Waals surface area contributed by atoms with Crippen molar-refractivity contribution in [1.82, 2.24) is 5.32 Å². The van der Waals surface area contributed by atoms with E-state index in [2.05, 4.69) is 65.1 Å². The number of nitrogens with one attached hydrogen (secondary N) is 1. The average molecular weight is 341 g/mol. The van der Waals surface area contributed by atoms with Crippen LogP contribution >= 0.6 is 15.9 Å². The van der Waals surface area contributed by atoms with Crippen molar-refractivity contribution < 1.29 is 5.11 Å². The predicted octanol–water partition coefficient (Wildman–Crippen LogP) is 3.30. The normalized spacial score (nSPS) is 20.2. The Morgan fingerprint density at radius 1 is 1.40 bits per heavy atom. The van der Waals surface area contributed by atoms with Crippen molar-refractivity contribution in [3.8, 4) is 0 Å². The van der Waals surface area contributed by atoms with Crippen LogP contribution in [-0.2, 0) is 6.54 Å². The molecule has 1 atom stereocenters. The second-order valence-electron chi connectivity index (χ2n) is 6.63. The molecule has 2 rings (SSSR count). The van der Waals surface area contributed by atoms with Gasteiger partial charge in [0, 0.05) is 29.6 Å². The van der Waals surface area contributed by atoms with Gasteiger partial charge in [0.1, 0.15) is 0 Å². The molecule has 1 saturated heterocycles. The van der Waals surface area contributed by atoms with E-state index in [0.29, 0.717) is 0 Å². The maximum atomic E-state index is 9.79. The number of halogens is 1. The van der Waals surface area contributed by atoms with E-state index in [9.17, 15) is 5.11 Å². The summed E-state index contributed by atoms with van der Waals surface area (Å²) in [5.41, 5.74) is 2.58. The monoisotopic (exact) mass is 340 g/mol. The summed E-state index contributed by atoms with van der Waals surface area (Å²) in [6.07, 6.45) is 1.78. The Bertz CT molecular complexity index is 456. The van der Waals surface area contributed by atoms with Gasteiger partial charge in [0.2, 0.25) is 0 Å². The van der Waals surface area contributed by atoms with E-state index in [1.807, 2.05) is 0 Å². The zero-order valence-electron chi connectivity index (χ0n) is 12.6. The van der Waals surface area contributed by atoms with Gasteiger partial charge in [-0.1, -0.05) is 6.07 Å². The summed E-state index contributed by atoms with van der Waals surface area (Å²) in [6.45, 7) is 9.14. The summed E-state index contributed by atoms with van der Waals surface area (Å²) >= 11 is 3.67. The van der Waals surface area contributed by atoms with E-state index in [-0.39, 0.29) is 11.6 Å². The number of hydrogen-bond acceptors (Lipinski definition) is 3. The maximum Gasteiger partial charge on any atom is 0.0715 e. The molecule has 3 nitrogen and oxygen atoms in total. The minimum absolute atomic E-state index is 0.127. The Labute approximate surface area is 130 Å². The highest BCUT2D eigenvalue weighted by molar-refractivity contribution is 9.10. The molecule has 1 aromatic rings. The highest BCUT2D eigenvalue weighted by Crippen LogP contribution is 2.29. The third-order valence-electron chi connectivity index (χ3n) is 3.57. The number of anilines is 1. The standard InChI is InChI=1S/C16H25BrN2O/c1-16(2,3)18-10-12-6-7-15(14(17)9-12)19-8-4-5-13(20)11-19/h6-7,9,13,18,20H,4-5,8,10-11H2,1-3H3. The quantitative estimate of drug-likeness (QED) is 0.886. The van der Waals surface area contributed by atoms with Gasteiger partial charge < -0.3 is 15.3 Å². The predicted molar refractivity (Wildman–Crippen MR) is 88.2 cm³/mol. The molecular weight excluding hydrogens is 316 g/mol. The number of aliphatic hydroxyl groups is 1. The third kappa shape index (κ3) is 4.47. The lowest BCUT2D eigenvalue weighted by molar-refractivity contribution is 0.154. The molecule has 112 valence electrons. The van der Waals surface area contributed by atoms with Crippen LogP contribution in [0.4, 0.5) is 5.69 Å². The fourth-order valence-corrected chi connectivity index (χ4v) is 3.13. The lowest BCUT2D eigenvalue weighted by atomic mass is 10.1. The van der Waals surface area contributed by atoms with Crippen LogP contribution < -0.4 is 10.2 Å². The Morgan fingerprint density at radius 3 is 2.75 bits per heavy atom. The van der Waals surface area contributed by atoms with E-state index in [1.54, 1.807) is 0 Å². The van der Waals surface area contributed by atoms with Gasteiger partial charge in [-0.3, -0.25) is 0 Å². The fraction of sp³-hybridized carbons (Fsp3) is 0.625. The van der Waals surface area contributed by atoms with Crippen molar-refractivity contribution in [3.05, 3.63) is 28.2 Å². The molecule has 1 unspecified atom stereocenters. The Morgan fingerprint density at radius 2 is 2.15 bits per heavy atom. The zero-order chi connectivity index (χ0) is 14.8. The zero-order valence-corrected chi connectivity index (χ0v) is 14.2. The molecule has 0 saturated carbocycles. The van der Waals surface area contributed by atoms with Crippen molar-refractivity contribution >= 4 is 21.6 Å². The molecule has 1 aliphatic heterocycles. The summed E-state index contributed by atoms with van der Waals surface area (Å²) in [6, 6.07) is 6.50. The van der Waals surface area contributed by atoms with Crippen LogP contribution in [0.3, 0.4) is 0 Å². The molecule has 0 bridgehead atoms. The van der Waals surface area contributed by atoms with Crippen LogP contribution in [0.5, 0.6) is 0 Å². The van der Waals surface area contributed by atoms with E-state index in [1.165, 1.54) is 11.3 Å². The Hall–Kier alpha value is -0.580. The second kappa shape index (κ2) is 6.46. The van der Waals surface area contributed by atoms with Crippen LogP contribution in [0.15, 0.2) is 22.7 Å². The maximum absolute atomic E-state index is 9.79. The lowest BCUT2D eigenvalue weighted by Gasteiger charge is -2.32. The average Bonchev–Trinajstić information content (AvgIpc) is 2.35. The summed E-state index contributed by atoms with van der Waals surface area (Å²) < 4.78 is 1.11. The molecule has 0 spiro atoms. The van der Waals surface area contributed by atoms with Gasteiger partial charge in [0.15, 0.2) is 0 Å². The summed E-state index contributed by atoms with van der Waals surface area (Å²) in [5.74, 6) is 0. The number of hydrogen-bond donors (Lipinski definition) is 2. The summed E-state index contributed by atoms with van der Waals surface area (Å²) in [4.78, 5) is 2.26. The van der Waals surface area contributed by atoms with Crippen molar-refractivity contribution in [3.63, 3.8) is 0 Å². The van der Waals surface area contributed by atoms with Gasteiger partial charge in [-0.2, -0.15) is 0 Å². The number of β-amino-alcohol motifs (C(OH)–C–C–N with tert-alkyl or cyclic N) is 1. The molecular formula is C16H25BrN2O. The van der Waals surface area contributed by atoms with Gasteiger partial charge in [0.05, 0.1) is 11.8 Å². The molecule has 2 N–H and O–H groups in total. The van der Waals surface area contributed by atoms with Gasteiger partial charge in [-0.25, -0.2) is 0 Å². The first-order valence-corrected chi connectivity index (χ1v) is 8.11. The molecule has 0 aromatic heterocycles. The van der Waals surface area contributed by atoms with Crippen LogP contribution in [0.1, 0.15) is 39.2 Å². The van der Waals surface area contributed by atoms with E-state index in [4.69, 9.17) is 0 Å². The summed E-state index contributed by atoms with van der Waals surface area (Å²) in [7, 11) is 0. The first kappa shape index (κ1) is 15.8. The van der Waals surface area contributed by atoms with Crippen LogP contribution in [0.2, 0.25) is 0 Å². The van der Waals surface area contributed by atoms with Crippen molar-refractivity contribution in [2.75, 3.05) is 18.0 Å². The lowest BCUT2D eigenvalue weighted by Crippen LogP contribution is -2.38. The Balaban J connectivity index is 2.05. The molecule has 0 radical (unpaired) electrons. The van der Waals surface area contributed by atoms with Gasteiger partial charge in [-0.05, 0) is 67.2 Å². The molecule has 4 heteroatoms. The largest absolute Gasteiger partial charge is 0.391 e. The highest BCUT2D eigenvalue weighted by atomic mass is 79.9. The minimum Gasteiger partial charge on any atom is -0.391 e. The first-order chi connectivity index (χ1) is 9.35. The first-order valence-electron chi connectivity index (χ1n) is 7.31. The molecule has 0 amide bonds. The van der Waals surface area contributed by atoms with E-state index >= 15 is 0 Å². The minimum atomic E-state index is -0.196. The van der Waals surface area contributed by atoms with Crippen LogP contribution in [0.25, 0.3) is 0 Å². The van der Waals surface area contributed by atoms with E-state index in [0.717, 1.165) is 36.9 Å². The van der Waals surface area contributed by atoms with Crippen molar-refractivity contribution in [1.29, 1.82) is 0 Å². The fourth-order valence-electron chi connectivity index (χ4n) is 2.46. The topological polar surface area (TPSA) is 35.5 Å². The number of rotatable bonds is 3. The van der Waals surface area contributed by atoms with Crippen LogP contribution in [-0.4, -0.2) is 29.8 Å².